The fourth-order valence-electron chi connectivity index (χ4n) is 3.75. The van der Waals surface area contributed by atoms with Gasteiger partial charge in [0, 0.05) is 43.5 Å². The van der Waals surface area contributed by atoms with Crippen molar-refractivity contribution in [2.24, 2.45) is 5.92 Å². The fourth-order valence-corrected chi connectivity index (χ4v) is 4.47. The van der Waals surface area contributed by atoms with Gasteiger partial charge in [0.2, 0.25) is 11.0 Å². The minimum atomic E-state index is 0.114. The predicted molar refractivity (Wildman–Crippen MR) is 135 cm³/mol. The highest BCUT2D eigenvalue weighted by Gasteiger charge is 2.17. The van der Waals surface area contributed by atoms with E-state index in [-0.39, 0.29) is 11.9 Å². The molecule has 1 aromatic carbocycles. The Balaban J connectivity index is 1.83. The first kappa shape index (κ1) is 26.3. The minimum absolute atomic E-state index is 0.114. The first-order chi connectivity index (χ1) is 15.4. The van der Waals surface area contributed by atoms with E-state index in [1.165, 1.54) is 17.1 Å². The lowest BCUT2D eigenvalue weighted by Gasteiger charge is -2.24. The summed E-state index contributed by atoms with van der Waals surface area (Å²) in [6.45, 7) is 15.7. The lowest BCUT2D eigenvalue weighted by molar-refractivity contribution is -0.121. The highest BCUT2D eigenvalue weighted by atomic mass is 32.1. The Hall–Kier alpha value is -1.99. The number of aromatic nitrogens is 2. The van der Waals surface area contributed by atoms with Gasteiger partial charge in [-0.25, -0.2) is 4.98 Å². The topological polar surface area (TPSA) is 61.4 Å². The molecule has 0 aliphatic carbocycles. The monoisotopic (exact) mass is 459 g/mol. The highest BCUT2D eigenvalue weighted by molar-refractivity contribution is 7.09. The van der Waals surface area contributed by atoms with Crippen LogP contribution in [-0.4, -0.2) is 58.9 Å². The number of hydrogen-bond donors (Lipinski definition) is 1. The van der Waals surface area contributed by atoms with Crippen molar-refractivity contribution in [3.63, 3.8) is 0 Å². The van der Waals surface area contributed by atoms with Crippen molar-refractivity contribution in [2.45, 2.75) is 66.3 Å². The van der Waals surface area contributed by atoms with Crippen molar-refractivity contribution in [3.8, 4) is 0 Å². The molecule has 1 heterocycles. The molecular formula is C25H41N5OS. The van der Waals surface area contributed by atoms with Crippen LogP contribution in [0.2, 0.25) is 0 Å². The second-order valence-corrected chi connectivity index (χ2v) is 9.61. The lowest BCUT2D eigenvalue weighted by atomic mass is 10.1. The van der Waals surface area contributed by atoms with Crippen LogP contribution in [0.25, 0.3) is 0 Å². The molecule has 0 radical (unpaired) electrons. The van der Waals surface area contributed by atoms with Crippen LogP contribution in [-0.2, 0) is 11.2 Å². The Labute approximate surface area is 198 Å². The molecule has 6 nitrogen and oxygen atoms in total. The van der Waals surface area contributed by atoms with Gasteiger partial charge in [-0.15, -0.1) is 0 Å². The van der Waals surface area contributed by atoms with E-state index >= 15 is 0 Å². The van der Waals surface area contributed by atoms with E-state index in [1.54, 1.807) is 0 Å². The predicted octanol–water partition coefficient (Wildman–Crippen LogP) is 4.61. The third-order valence-corrected chi connectivity index (χ3v) is 6.36. The maximum Gasteiger partial charge on any atom is 0.221 e. The van der Waals surface area contributed by atoms with Gasteiger partial charge in [-0.2, -0.15) is 4.37 Å². The van der Waals surface area contributed by atoms with Gasteiger partial charge in [0.1, 0.15) is 5.82 Å². The summed E-state index contributed by atoms with van der Waals surface area (Å²) in [5, 5.41) is 4.08. The molecule has 1 unspecified atom stereocenters. The van der Waals surface area contributed by atoms with Gasteiger partial charge in [-0.1, -0.05) is 58.0 Å². The zero-order valence-corrected chi connectivity index (χ0v) is 21.3. The number of nitrogens with zero attached hydrogens (tertiary/aromatic N) is 4. The quantitative estimate of drug-likeness (QED) is 0.421. The van der Waals surface area contributed by atoms with Crippen molar-refractivity contribution in [3.05, 3.63) is 41.7 Å². The molecule has 32 heavy (non-hydrogen) atoms. The Morgan fingerprint density at radius 3 is 2.47 bits per heavy atom. The van der Waals surface area contributed by atoms with Gasteiger partial charge in [0.05, 0.1) is 0 Å². The molecule has 1 atom stereocenters. The molecule has 2 rings (SSSR count). The normalized spacial score (nSPS) is 12.3. The zero-order valence-electron chi connectivity index (χ0n) is 20.5. The second kappa shape index (κ2) is 14.2. The van der Waals surface area contributed by atoms with E-state index in [0.717, 1.165) is 56.4 Å². The van der Waals surface area contributed by atoms with Crippen LogP contribution in [0.5, 0.6) is 0 Å². The maximum atomic E-state index is 12.5. The minimum Gasteiger partial charge on any atom is -0.354 e. The Morgan fingerprint density at radius 2 is 1.81 bits per heavy atom. The average molecular weight is 460 g/mol. The number of carbonyl (C=O) groups excluding carboxylic acids is 1. The molecule has 0 aliphatic heterocycles. The number of benzene rings is 1. The molecule has 0 fully saturated rings. The first-order valence-corrected chi connectivity index (χ1v) is 12.8. The summed E-state index contributed by atoms with van der Waals surface area (Å²) in [4.78, 5) is 22.0. The highest BCUT2D eigenvalue weighted by Crippen LogP contribution is 2.20. The van der Waals surface area contributed by atoms with E-state index in [9.17, 15) is 4.79 Å². The number of nitrogens with one attached hydrogen (secondary N) is 1. The number of rotatable bonds is 15. The number of carbonyl (C=O) groups is 1. The van der Waals surface area contributed by atoms with Gasteiger partial charge in [-0.3, -0.25) is 4.79 Å². The van der Waals surface area contributed by atoms with Gasteiger partial charge < -0.3 is 15.1 Å². The summed E-state index contributed by atoms with van der Waals surface area (Å²) >= 11 is 1.43. The molecule has 0 spiro atoms. The van der Waals surface area contributed by atoms with Crippen molar-refractivity contribution in [1.29, 1.82) is 0 Å². The smallest absolute Gasteiger partial charge is 0.221 e. The molecule has 1 aromatic heterocycles. The SMILES string of the molecule is CCN(CC)CCCC(C)NC(=O)CCN(CC(C)C)c1nc(Cc2ccccc2)ns1. The third kappa shape index (κ3) is 9.65. The Kier molecular flexibility index (Phi) is 11.7. The molecule has 0 saturated heterocycles. The van der Waals surface area contributed by atoms with Gasteiger partial charge in [0.25, 0.3) is 0 Å². The summed E-state index contributed by atoms with van der Waals surface area (Å²) in [6, 6.07) is 10.5. The molecule has 1 amide bonds. The Morgan fingerprint density at radius 1 is 1.09 bits per heavy atom. The van der Waals surface area contributed by atoms with Crippen LogP contribution in [0.4, 0.5) is 5.13 Å². The maximum absolute atomic E-state index is 12.5. The van der Waals surface area contributed by atoms with Crippen molar-refractivity contribution in [1.82, 2.24) is 19.6 Å². The van der Waals surface area contributed by atoms with Crippen molar-refractivity contribution < 1.29 is 4.79 Å². The van der Waals surface area contributed by atoms with Crippen LogP contribution in [0, 0.1) is 5.92 Å². The summed E-state index contributed by atoms with van der Waals surface area (Å²) in [6.07, 6.45) is 3.33. The lowest BCUT2D eigenvalue weighted by Crippen LogP contribution is -2.37. The summed E-state index contributed by atoms with van der Waals surface area (Å²) in [5.74, 6) is 1.44. The molecule has 178 valence electrons. The standard InChI is InChI=1S/C25H41N5OS/c1-6-29(7-2)16-11-12-21(5)26-24(31)15-17-30(19-20(3)4)25-27-23(28-32-25)18-22-13-9-8-10-14-22/h8-10,13-14,20-21H,6-7,11-12,15-19H2,1-5H3,(H,26,31). The molecule has 0 bridgehead atoms. The molecule has 0 saturated carbocycles. The van der Waals surface area contributed by atoms with Crippen LogP contribution < -0.4 is 10.2 Å². The number of anilines is 1. The molecular weight excluding hydrogens is 418 g/mol. The zero-order chi connectivity index (χ0) is 23.3. The van der Waals surface area contributed by atoms with Crippen LogP contribution >= 0.6 is 11.5 Å². The third-order valence-electron chi connectivity index (χ3n) is 5.54. The van der Waals surface area contributed by atoms with Crippen LogP contribution in [0.15, 0.2) is 30.3 Å². The fraction of sp³-hybridized carbons (Fsp3) is 0.640. The largest absolute Gasteiger partial charge is 0.354 e. The summed E-state index contributed by atoms with van der Waals surface area (Å²) < 4.78 is 4.56. The van der Waals surface area contributed by atoms with Crippen LogP contribution in [0.3, 0.4) is 0 Å². The number of hydrogen-bond acceptors (Lipinski definition) is 6. The van der Waals surface area contributed by atoms with E-state index in [2.05, 4.69) is 66.2 Å². The van der Waals surface area contributed by atoms with Gasteiger partial charge in [0.15, 0.2) is 0 Å². The van der Waals surface area contributed by atoms with E-state index in [1.807, 2.05) is 18.2 Å². The molecule has 0 aliphatic rings. The van der Waals surface area contributed by atoms with Crippen molar-refractivity contribution >= 4 is 22.6 Å². The molecule has 1 N–H and O–H groups in total. The second-order valence-electron chi connectivity index (χ2n) is 8.88. The van der Waals surface area contributed by atoms with Gasteiger partial charge >= 0.3 is 0 Å². The molecule has 7 heteroatoms. The molecule has 2 aromatic rings. The Bertz CT molecular complexity index is 776. The first-order valence-electron chi connectivity index (χ1n) is 12.0. The van der Waals surface area contributed by atoms with E-state index < -0.39 is 0 Å². The van der Waals surface area contributed by atoms with Crippen LogP contribution in [0.1, 0.15) is 65.3 Å². The van der Waals surface area contributed by atoms with E-state index in [4.69, 9.17) is 4.98 Å². The average Bonchev–Trinajstić information content (AvgIpc) is 3.23. The number of amides is 1. The van der Waals surface area contributed by atoms with Crippen molar-refractivity contribution in [2.75, 3.05) is 37.6 Å². The summed E-state index contributed by atoms with van der Waals surface area (Å²) in [5.41, 5.74) is 1.21. The van der Waals surface area contributed by atoms with E-state index in [0.29, 0.717) is 18.9 Å². The van der Waals surface area contributed by atoms with Gasteiger partial charge in [-0.05, 0) is 50.9 Å². The summed E-state index contributed by atoms with van der Waals surface area (Å²) in [7, 11) is 0.